The molecule has 4 saturated carbocycles. The van der Waals surface area contributed by atoms with Gasteiger partial charge >= 0.3 is 0 Å². The minimum absolute atomic E-state index is 0.324. The molecule has 0 heterocycles. The summed E-state index contributed by atoms with van der Waals surface area (Å²) in [7, 11) is -3.52. The Balaban J connectivity index is 1.64. The molecule has 148 valence electrons. The molecule has 0 radical (unpaired) electrons. The summed E-state index contributed by atoms with van der Waals surface area (Å²) in [6, 6.07) is 5.47. The van der Waals surface area contributed by atoms with E-state index < -0.39 is 10.0 Å². The van der Waals surface area contributed by atoms with Gasteiger partial charge in [-0.05, 0) is 80.4 Å². The van der Waals surface area contributed by atoms with Crippen LogP contribution in [0.2, 0.25) is 0 Å². The standard InChI is InChI=1S/C21H31N3O2S/c1-4-24(5-2)27(25,26)20-7-6-14(3)8-19(20)22-23-21-17-10-15-9-16(12-17)13-18(21)11-15/h6-8,15-18,22H,4-5,9-13H2,1-3H3. The highest BCUT2D eigenvalue weighted by Gasteiger charge is 2.46. The highest BCUT2D eigenvalue weighted by atomic mass is 32.2. The summed E-state index contributed by atoms with van der Waals surface area (Å²) >= 11 is 0. The summed E-state index contributed by atoms with van der Waals surface area (Å²) in [4.78, 5) is 0.324. The Hall–Kier alpha value is -1.40. The van der Waals surface area contributed by atoms with Gasteiger partial charge in [-0.25, -0.2) is 8.42 Å². The molecule has 0 amide bonds. The number of hydrogen-bond donors (Lipinski definition) is 1. The number of rotatable bonds is 6. The van der Waals surface area contributed by atoms with Crippen molar-refractivity contribution in [3.8, 4) is 0 Å². The van der Waals surface area contributed by atoms with Crippen molar-refractivity contribution < 1.29 is 8.42 Å². The molecular formula is C21H31N3O2S. The topological polar surface area (TPSA) is 61.8 Å². The zero-order chi connectivity index (χ0) is 19.2. The van der Waals surface area contributed by atoms with E-state index in [9.17, 15) is 8.42 Å². The summed E-state index contributed by atoms with van der Waals surface area (Å²) in [5.41, 5.74) is 6.09. The van der Waals surface area contributed by atoms with Gasteiger partial charge in [0.25, 0.3) is 0 Å². The van der Waals surface area contributed by atoms with Crippen molar-refractivity contribution in [1.29, 1.82) is 0 Å². The maximum atomic E-state index is 13.1. The molecule has 5 rings (SSSR count). The van der Waals surface area contributed by atoms with Gasteiger partial charge in [-0.2, -0.15) is 9.41 Å². The van der Waals surface area contributed by atoms with Gasteiger partial charge in [0.2, 0.25) is 10.0 Å². The molecule has 1 aromatic carbocycles. The lowest BCUT2D eigenvalue weighted by molar-refractivity contribution is 0.108. The van der Waals surface area contributed by atoms with Gasteiger partial charge in [-0.1, -0.05) is 19.9 Å². The van der Waals surface area contributed by atoms with Crippen molar-refractivity contribution in [1.82, 2.24) is 4.31 Å². The third-order valence-electron chi connectivity index (χ3n) is 6.74. The fraction of sp³-hybridized carbons (Fsp3) is 0.667. The lowest BCUT2D eigenvalue weighted by Gasteiger charge is -2.50. The number of hydrazone groups is 1. The molecule has 0 aromatic heterocycles. The summed E-state index contributed by atoms with van der Waals surface area (Å²) in [5.74, 6) is 2.98. The highest BCUT2D eigenvalue weighted by Crippen LogP contribution is 2.52. The van der Waals surface area contributed by atoms with Crippen LogP contribution in [0.1, 0.15) is 51.5 Å². The van der Waals surface area contributed by atoms with Crippen LogP contribution in [0.25, 0.3) is 0 Å². The first-order valence-corrected chi connectivity index (χ1v) is 11.8. The largest absolute Gasteiger partial charge is 0.277 e. The van der Waals surface area contributed by atoms with Crippen molar-refractivity contribution in [3.05, 3.63) is 23.8 Å². The van der Waals surface area contributed by atoms with Crippen LogP contribution in [0.4, 0.5) is 5.69 Å². The Morgan fingerprint density at radius 3 is 2.19 bits per heavy atom. The fourth-order valence-corrected chi connectivity index (χ4v) is 7.21. The number of hydrogen-bond acceptors (Lipinski definition) is 4. The van der Waals surface area contributed by atoms with Crippen LogP contribution in [0.5, 0.6) is 0 Å². The van der Waals surface area contributed by atoms with Crippen molar-refractivity contribution >= 4 is 21.4 Å². The second-order valence-corrected chi connectivity index (χ2v) is 10.4. The molecular weight excluding hydrogens is 358 g/mol. The maximum Gasteiger partial charge on any atom is 0.245 e. The van der Waals surface area contributed by atoms with E-state index in [1.165, 1.54) is 42.1 Å². The minimum atomic E-state index is -3.52. The minimum Gasteiger partial charge on any atom is -0.277 e. The third kappa shape index (κ3) is 3.42. The lowest BCUT2D eigenvalue weighted by atomic mass is 9.55. The molecule has 0 aliphatic heterocycles. The number of sulfonamides is 1. The van der Waals surface area contributed by atoms with Crippen molar-refractivity contribution in [2.75, 3.05) is 18.5 Å². The van der Waals surface area contributed by atoms with E-state index in [2.05, 4.69) is 5.43 Å². The zero-order valence-corrected chi connectivity index (χ0v) is 17.4. The van der Waals surface area contributed by atoms with Crippen LogP contribution in [-0.2, 0) is 10.0 Å². The monoisotopic (exact) mass is 389 g/mol. The molecule has 5 nitrogen and oxygen atoms in total. The Labute approximate surface area is 163 Å². The van der Waals surface area contributed by atoms with Crippen molar-refractivity contribution in [2.45, 2.75) is 57.8 Å². The Kier molecular flexibility index (Phi) is 5.06. The van der Waals surface area contributed by atoms with Crippen LogP contribution in [-0.4, -0.2) is 31.5 Å². The van der Waals surface area contributed by atoms with E-state index in [0.29, 0.717) is 35.5 Å². The van der Waals surface area contributed by atoms with E-state index >= 15 is 0 Å². The predicted molar refractivity (Wildman–Crippen MR) is 109 cm³/mol. The third-order valence-corrected chi connectivity index (χ3v) is 8.85. The number of aryl methyl sites for hydroxylation is 1. The second kappa shape index (κ2) is 7.21. The van der Waals surface area contributed by atoms with Crippen LogP contribution in [0.3, 0.4) is 0 Å². The number of benzene rings is 1. The van der Waals surface area contributed by atoms with Gasteiger partial charge < -0.3 is 0 Å². The molecule has 0 spiro atoms. The summed E-state index contributed by atoms with van der Waals surface area (Å²) < 4.78 is 27.6. The second-order valence-electron chi connectivity index (χ2n) is 8.54. The van der Waals surface area contributed by atoms with Gasteiger partial charge in [-0.15, -0.1) is 0 Å². The van der Waals surface area contributed by atoms with E-state index in [4.69, 9.17) is 5.10 Å². The summed E-state index contributed by atoms with van der Waals surface area (Å²) in [5, 5.41) is 4.80. The molecule has 4 aliphatic carbocycles. The van der Waals surface area contributed by atoms with Crippen LogP contribution < -0.4 is 5.43 Å². The Morgan fingerprint density at radius 2 is 1.63 bits per heavy atom. The number of nitrogens with one attached hydrogen (secondary N) is 1. The molecule has 27 heavy (non-hydrogen) atoms. The lowest BCUT2D eigenvalue weighted by Crippen LogP contribution is -2.45. The quantitative estimate of drug-likeness (QED) is 0.740. The smallest absolute Gasteiger partial charge is 0.245 e. The summed E-state index contributed by atoms with van der Waals surface area (Å²) in [6.45, 7) is 6.66. The molecule has 4 bridgehead atoms. The first-order valence-electron chi connectivity index (χ1n) is 10.4. The van der Waals surface area contributed by atoms with E-state index in [-0.39, 0.29) is 0 Å². The average molecular weight is 390 g/mol. The van der Waals surface area contributed by atoms with Crippen LogP contribution in [0, 0.1) is 30.6 Å². The fourth-order valence-electron chi connectivity index (χ4n) is 5.63. The van der Waals surface area contributed by atoms with Gasteiger partial charge in [0.15, 0.2) is 0 Å². The van der Waals surface area contributed by atoms with Gasteiger partial charge in [-0.3, -0.25) is 5.43 Å². The number of anilines is 1. The average Bonchev–Trinajstić information content (AvgIpc) is 2.61. The van der Waals surface area contributed by atoms with Gasteiger partial charge in [0.05, 0.1) is 5.69 Å². The normalized spacial score (nSPS) is 29.4. The Bertz CT molecular complexity index is 813. The zero-order valence-electron chi connectivity index (χ0n) is 16.6. The molecule has 0 unspecified atom stereocenters. The summed E-state index contributed by atoms with van der Waals surface area (Å²) in [6.07, 6.45) is 6.49. The molecule has 1 aromatic rings. The van der Waals surface area contributed by atoms with Crippen LogP contribution >= 0.6 is 0 Å². The molecule has 4 fully saturated rings. The molecule has 0 saturated heterocycles. The maximum absolute atomic E-state index is 13.1. The van der Waals surface area contributed by atoms with Crippen molar-refractivity contribution in [2.24, 2.45) is 28.8 Å². The number of nitrogens with zero attached hydrogens (tertiary/aromatic N) is 2. The molecule has 6 heteroatoms. The first kappa shape index (κ1) is 18.9. The first-order chi connectivity index (χ1) is 12.9. The van der Waals surface area contributed by atoms with E-state index in [1.807, 2.05) is 32.9 Å². The highest BCUT2D eigenvalue weighted by molar-refractivity contribution is 7.89. The molecule has 4 aliphatic rings. The molecule has 0 atom stereocenters. The van der Waals surface area contributed by atoms with E-state index in [1.54, 1.807) is 6.07 Å². The Morgan fingerprint density at radius 1 is 1.04 bits per heavy atom. The van der Waals surface area contributed by atoms with E-state index in [0.717, 1.165) is 17.4 Å². The van der Waals surface area contributed by atoms with Gasteiger partial charge in [0, 0.05) is 18.8 Å². The predicted octanol–water partition coefficient (Wildman–Crippen LogP) is 4.25. The van der Waals surface area contributed by atoms with Gasteiger partial charge in [0.1, 0.15) is 4.90 Å². The SMILES string of the molecule is CCN(CC)S(=O)(=O)c1ccc(C)cc1NN=C1C2CC3CC(C2)CC1C3. The molecule has 1 N–H and O–H groups in total. The van der Waals surface area contributed by atoms with Crippen LogP contribution in [0.15, 0.2) is 28.2 Å². The van der Waals surface area contributed by atoms with Crippen molar-refractivity contribution in [3.63, 3.8) is 0 Å².